The zero-order chi connectivity index (χ0) is 29.3. The van der Waals surface area contributed by atoms with Crippen LogP contribution in [0.3, 0.4) is 0 Å². The van der Waals surface area contributed by atoms with Gasteiger partial charge in [0, 0.05) is 18.8 Å². The van der Waals surface area contributed by atoms with Gasteiger partial charge in [-0.2, -0.15) is 10.1 Å². The van der Waals surface area contributed by atoms with E-state index < -0.39 is 23.4 Å². The van der Waals surface area contributed by atoms with Gasteiger partial charge in [-0.3, -0.25) is 4.79 Å². The summed E-state index contributed by atoms with van der Waals surface area (Å²) in [5, 5.41) is 17.9. The van der Waals surface area contributed by atoms with E-state index in [2.05, 4.69) is 20.4 Å². The van der Waals surface area contributed by atoms with Crippen molar-refractivity contribution in [3.05, 3.63) is 85.4 Å². The lowest BCUT2D eigenvalue weighted by molar-refractivity contribution is 0.0688. The van der Waals surface area contributed by atoms with Gasteiger partial charge in [0.25, 0.3) is 5.56 Å². The Labute approximate surface area is 238 Å². The quantitative estimate of drug-likeness (QED) is 0.280. The average molecular weight is 591 g/mol. The molecule has 4 rings (SSSR count). The second-order valence-corrected chi connectivity index (χ2v) is 9.85. The number of methoxy groups -OCH3 is 2. The molecule has 1 aromatic carbocycles. The number of nitrogens with zero attached hydrogens (tertiary/aromatic N) is 5. The van der Waals surface area contributed by atoms with Gasteiger partial charge in [0.2, 0.25) is 5.88 Å². The van der Waals surface area contributed by atoms with Crippen molar-refractivity contribution in [1.29, 1.82) is 0 Å². The molecule has 210 valence electrons. The van der Waals surface area contributed by atoms with E-state index in [1.807, 2.05) is 13.8 Å². The maximum Gasteiger partial charge on any atom is 0.356 e. The Kier molecular flexibility index (Phi) is 8.31. The molecule has 0 amide bonds. The second kappa shape index (κ2) is 11.5. The third-order valence-corrected chi connectivity index (χ3v) is 6.56. The fourth-order valence-electron chi connectivity index (χ4n) is 4.31. The first-order valence-corrected chi connectivity index (χ1v) is 12.6. The van der Waals surface area contributed by atoms with Crippen LogP contribution < -0.4 is 20.3 Å². The van der Waals surface area contributed by atoms with Crippen LogP contribution in [0.25, 0.3) is 5.69 Å². The molecule has 3 heterocycles. The number of carboxylic acids is 1. The minimum Gasteiger partial charge on any atom is -0.479 e. The van der Waals surface area contributed by atoms with Crippen LogP contribution in [0.2, 0.25) is 10.0 Å². The minimum absolute atomic E-state index is 0.0329. The highest BCUT2D eigenvalue weighted by Crippen LogP contribution is 2.38. The number of aromatic carboxylic acids is 1. The largest absolute Gasteiger partial charge is 0.479 e. The van der Waals surface area contributed by atoms with E-state index in [9.17, 15) is 19.1 Å². The Balaban J connectivity index is 2.07. The van der Waals surface area contributed by atoms with Crippen molar-refractivity contribution in [3.63, 3.8) is 0 Å². The van der Waals surface area contributed by atoms with Crippen LogP contribution in [-0.4, -0.2) is 49.6 Å². The van der Waals surface area contributed by atoms with E-state index in [1.165, 1.54) is 67.2 Å². The zero-order valence-electron chi connectivity index (χ0n) is 22.1. The maximum atomic E-state index is 14.7. The maximum absolute atomic E-state index is 14.7. The van der Waals surface area contributed by atoms with E-state index in [1.54, 1.807) is 0 Å². The van der Waals surface area contributed by atoms with E-state index in [4.69, 9.17) is 32.7 Å². The summed E-state index contributed by atoms with van der Waals surface area (Å²) in [5.74, 6) is -2.36. The number of aryl methyl sites for hydroxylation is 1. The standard InChI is InChI=1S/C26H25Cl2FN6O5/c1-12(2)22-19(21(25(37)38)33-35(22)18-10-30-26(40-5)32-23(18)39-4)20(13-6-7-15(28)16(29)8-13)31-17-9-14(27)11-34(3)24(17)36/h6-12,20,31H,1-5H3,(H,37,38). The Morgan fingerprint density at radius 2 is 1.90 bits per heavy atom. The molecule has 0 aliphatic heterocycles. The number of rotatable bonds is 9. The molecule has 2 N–H and O–H groups in total. The van der Waals surface area contributed by atoms with E-state index >= 15 is 0 Å². The van der Waals surface area contributed by atoms with Gasteiger partial charge in [-0.05, 0) is 29.7 Å². The molecule has 14 heteroatoms. The van der Waals surface area contributed by atoms with Gasteiger partial charge in [-0.1, -0.05) is 43.1 Å². The number of aromatic nitrogens is 5. The normalized spacial score (nSPS) is 11.9. The first-order chi connectivity index (χ1) is 19.0. The average Bonchev–Trinajstić information content (AvgIpc) is 3.32. The number of carboxylic acid groups (broad SMARTS) is 1. The topological polar surface area (TPSA) is 133 Å². The van der Waals surface area contributed by atoms with Crippen LogP contribution in [0.1, 0.15) is 53.1 Å². The number of benzene rings is 1. The molecule has 1 unspecified atom stereocenters. The van der Waals surface area contributed by atoms with Gasteiger partial charge in [-0.25, -0.2) is 18.9 Å². The highest BCUT2D eigenvalue weighted by molar-refractivity contribution is 6.31. The van der Waals surface area contributed by atoms with Crippen LogP contribution in [0.4, 0.5) is 10.1 Å². The minimum atomic E-state index is -1.36. The van der Waals surface area contributed by atoms with Crippen LogP contribution in [0.5, 0.6) is 11.9 Å². The van der Waals surface area contributed by atoms with Crippen LogP contribution in [0.15, 0.2) is 41.5 Å². The van der Waals surface area contributed by atoms with Crippen molar-refractivity contribution in [3.8, 4) is 17.6 Å². The Hall–Kier alpha value is -4.16. The number of hydrogen-bond acceptors (Lipinski definition) is 8. The molecule has 11 nitrogen and oxygen atoms in total. The van der Waals surface area contributed by atoms with Crippen molar-refractivity contribution in [2.45, 2.75) is 25.8 Å². The van der Waals surface area contributed by atoms with E-state index in [0.717, 1.165) is 0 Å². The van der Waals surface area contributed by atoms with Gasteiger partial charge in [0.05, 0.1) is 42.2 Å². The summed E-state index contributed by atoms with van der Waals surface area (Å²) in [4.78, 5) is 33.9. The molecule has 3 aromatic heterocycles. The molecular formula is C26H25Cl2FN6O5. The molecule has 0 aliphatic carbocycles. The molecule has 1 atom stereocenters. The summed E-state index contributed by atoms with van der Waals surface area (Å²) in [7, 11) is 4.30. The summed E-state index contributed by atoms with van der Waals surface area (Å²) < 4.78 is 27.9. The summed E-state index contributed by atoms with van der Waals surface area (Å²) in [6.07, 6.45) is 2.82. The zero-order valence-corrected chi connectivity index (χ0v) is 23.6. The SMILES string of the molecule is COc1ncc(-n2nc(C(=O)O)c(C(Nc3cc(Cl)cn(C)c3=O)c3ccc(Cl)c(F)c3)c2C(C)C)c(OC)n1. The summed E-state index contributed by atoms with van der Waals surface area (Å²) in [6.45, 7) is 3.66. The third kappa shape index (κ3) is 5.45. The molecule has 4 aromatic rings. The number of hydrogen-bond donors (Lipinski definition) is 2. The van der Waals surface area contributed by atoms with Crippen molar-refractivity contribution in [1.82, 2.24) is 24.3 Å². The fourth-order valence-corrected chi connectivity index (χ4v) is 4.68. The molecule has 0 fully saturated rings. The van der Waals surface area contributed by atoms with Crippen molar-refractivity contribution < 1.29 is 23.8 Å². The van der Waals surface area contributed by atoms with Gasteiger partial charge >= 0.3 is 12.0 Å². The lowest BCUT2D eigenvalue weighted by atomic mass is 9.92. The highest BCUT2D eigenvalue weighted by atomic mass is 35.5. The van der Waals surface area contributed by atoms with E-state index in [-0.39, 0.29) is 56.0 Å². The Bertz CT molecular complexity index is 1660. The molecular weight excluding hydrogens is 566 g/mol. The monoisotopic (exact) mass is 590 g/mol. The molecule has 0 saturated carbocycles. The summed E-state index contributed by atoms with van der Waals surface area (Å²) >= 11 is 12.2. The first kappa shape index (κ1) is 28.8. The Morgan fingerprint density at radius 3 is 2.50 bits per heavy atom. The number of pyridine rings is 1. The van der Waals surface area contributed by atoms with Gasteiger partial charge in [0.15, 0.2) is 5.69 Å². The smallest absolute Gasteiger partial charge is 0.356 e. The number of carbonyl (C=O) groups is 1. The molecule has 40 heavy (non-hydrogen) atoms. The molecule has 0 aliphatic rings. The van der Waals surface area contributed by atoms with Crippen LogP contribution in [-0.2, 0) is 7.05 Å². The van der Waals surface area contributed by atoms with Gasteiger partial charge in [0.1, 0.15) is 17.2 Å². The predicted octanol–water partition coefficient (Wildman–Crippen LogP) is 4.85. The Morgan fingerprint density at radius 1 is 1.18 bits per heavy atom. The number of anilines is 1. The van der Waals surface area contributed by atoms with Crippen molar-refractivity contribution in [2.24, 2.45) is 7.05 Å². The van der Waals surface area contributed by atoms with Gasteiger partial charge < -0.3 is 24.5 Å². The number of nitrogens with one attached hydrogen (secondary N) is 1. The van der Waals surface area contributed by atoms with Crippen molar-refractivity contribution in [2.75, 3.05) is 19.5 Å². The predicted molar refractivity (Wildman–Crippen MR) is 147 cm³/mol. The lowest BCUT2D eigenvalue weighted by Crippen LogP contribution is -2.25. The second-order valence-electron chi connectivity index (χ2n) is 9.01. The van der Waals surface area contributed by atoms with Crippen LogP contribution in [0, 0.1) is 5.82 Å². The van der Waals surface area contributed by atoms with Crippen LogP contribution >= 0.6 is 23.2 Å². The molecule has 0 radical (unpaired) electrons. The van der Waals surface area contributed by atoms with Gasteiger partial charge in [-0.15, -0.1) is 0 Å². The molecule has 0 spiro atoms. The van der Waals surface area contributed by atoms with E-state index in [0.29, 0.717) is 5.69 Å². The third-order valence-electron chi connectivity index (χ3n) is 6.04. The summed E-state index contributed by atoms with van der Waals surface area (Å²) in [6, 6.07) is 4.40. The fraction of sp³-hybridized carbons (Fsp3) is 0.269. The lowest BCUT2D eigenvalue weighted by Gasteiger charge is -2.24. The first-order valence-electron chi connectivity index (χ1n) is 11.9. The highest BCUT2D eigenvalue weighted by Gasteiger charge is 2.33. The number of ether oxygens (including phenoxy) is 2. The van der Waals surface area contributed by atoms with Crippen molar-refractivity contribution >= 4 is 34.9 Å². The number of halogens is 3. The molecule has 0 saturated heterocycles. The molecule has 0 bridgehead atoms. The summed E-state index contributed by atoms with van der Waals surface area (Å²) in [5.41, 5.74) is 0.365.